The number of hydrogen-bond donors (Lipinski definition) is 2. The Labute approximate surface area is 146 Å². The molecule has 1 aromatic carbocycles. The molecule has 7 nitrogen and oxygen atoms in total. The number of nitrogens with zero attached hydrogens (tertiary/aromatic N) is 1. The highest BCUT2D eigenvalue weighted by molar-refractivity contribution is 7.90. The van der Waals surface area contributed by atoms with Crippen LogP contribution in [0, 0.1) is 0 Å². The number of methoxy groups -OCH3 is 1. The zero-order valence-corrected chi connectivity index (χ0v) is 14.5. The number of nitrogens with two attached hydrogens (primary N) is 1. The van der Waals surface area contributed by atoms with E-state index in [0.29, 0.717) is 6.42 Å². The Kier molecular flexibility index (Phi) is 4.63. The quantitative estimate of drug-likeness (QED) is 0.855. The molecule has 8 heteroatoms. The van der Waals surface area contributed by atoms with Gasteiger partial charge >= 0.3 is 0 Å². The number of hydrogen-bond acceptors (Lipinski definition) is 6. The molecule has 3 rings (SSSR count). The van der Waals surface area contributed by atoms with Crippen LogP contribution in [0.1, 0.15) is 29.9 Å². The summed E-state index contributed by atoms with van der Waals surface area (Å²) >= 11 is 0. The van der Waals surface area contributed by atoms with E-state index < -0.39 is 21.8 Å². The van der Waals surface area contributed by atoms with Crippen LogP contribution in [0.5, 0.6) is 5.75 Å². The number of pyridine rings is 1. The molecule has 0 bridgehead atoms. The summed E-state index contributed by atoms with van der Waals surface area (Å²) in [4.78, 5) is 16.2. The zero-order valence-electron chi connectivity index (χ0n) is 13.7. The lowest BCUT2D eigenvalue weighted by Crippen LogP contribution is -2.36. The SMILES string of the molecule is COc1cccc2c1CCCC2C(=O)NS(=O)(=O)c1cccnc1N. The summed E-state index contributed by atoms with van der Waals surface area (Å²) in [5.41, 5.74) is 7.37. The van der Waals surface area contributed by atoms with Gasteiger partial charge in [-0.05, 0) is 48.6 Å². The molecule has 0 spiro atoms. The van der Waals surface area contributed by atoms with E-state index in [-0.39, 0.29) is 10.7 Å². The number of aromatic nitrogens is 1. The van der Waals surface area contributed by atoms with Gasteiger partial charge in [0.1, 0.15) is 16.5 Å². The molecule has 1 aromatic heterocycles. The van der Waals surface area contributed by atoms with Crippen LogP contribution < -0.4 is 15.2 Å². The van der Waals surface area contributed by atoms with Gasteiger partial charge in [-0.2, -0.15) is 0 Å². The maximum absolute atomic E-state index is 12.7. The molecule has 0 saturated heterocycles. The molecule has 1 unspecified atom stereocenters. The number of nitrogen functional groups attached to an aromatic ring is 1. The first kappa shape index (κ1) is 17.2. The molecule has 1 aliphatic carbocycles. The van der Waals surface area contributed by atoms with Crippen LogP contribution in [0.15, 0.2) is 41.4 Å². The summed E-state index contributed by atoms with van der Waals surface area (Å²) in [6.45, 7) is 0. The summed E-state index contributed by atoms with van der Waals surface area (Å²) in [5.74, 6) is -0.549. The molecule has 1 aliphatic rings. The predicted octanol–water partition coefficient (Wildman–Crippen LogP) is 1.60. The third-order valence-corrected chi connectivity index (χ3v) is 5.72. The fourth-order valence-corrected chi connectivity index (χ4v) is 4.27. The highest BCUT2D eigenvalue weighted by atomic mass is 32.2. The van der Waals surface area contributed by atoms with Gasteiger partial charge in [-0.15, -0.1) is 0 Å². The Morgan fingerprint density at radius 3 is 2.84 bits per heavy atom. The molecule has 0 fully saturated rings. The Hall–Kier alpha value is -2.61. The van der Waals surface area contributed by atoms with E-state index in [2.05, 4.69) is 9.71 Å². The average molecular weight is 361 g/mol. The first-order chi connectivity index (χ1) is 11.9. The largest absolute Gasteiger partial charge is 0.496 e. The fraction of sp³-hybridized carbons (Fsp3) is 0.294. The Morgan fingerprint density at radius 1 is 1.32 bits per heavy atom. The topological polar surface area (TPSA) is 111 Å². The highest BCUT2D eigenvalue weighted by Crippen LogP contribution is 2.37. The van der Waals surface area contributed by atoms with Crippen molar-refractivity contribution in [3.05, 3.63) is 47.7 Å². The summed E-state index contributed by atoms with van der Waals surface area (Å²) in [5, 5.41) is 0. The van der Waals surface area contributed by atoms with E-state index in [1.165, 1.54) is 18.3 Å². The van der Waals surface area contributed by atoms with Gasteiger partial charge < -0.3 is 10.5 Å². The van der Waals surface area contributed by atoms with E-state index in [1.54, 1.807) is 13.2 Å². The first-order valence-corrected chi connectivity index (χ1v) is 9.35. The van der Waals surface area contributed by atoms with Crippen molar-refractivity contribution in [2.75, 3.05) is 12.8 Å². The van der Waals surface area contributed by atoms with E-state index in [0.717, 1.165) is 29.7 Å². The van der Waals surface area contributed by atoms with E-state index in [1.807, 2.05) is 12.1 Å². The number of amides is 1. The van der Waals surface area contributed by atoms with Gasteiger partial charge in [-0.1, -0.05) is 12.1 Å². The Balaban J connectivity index is 1.90. The standard InChI is InChI=1S/C17H19N3O4S/c1-24-14-8-3-5-11-12(14)6-2-7-13(11)17(21)20-25(22,23)15-9-4-10-19-16(15)18/h3-5,8-10,13H,2,6-7H2,1H3,(H2,18,19)(H,20,21). The van der Waals surface area contributed by atoms with Crippen LogP contribution in [0.2, 0.25) is 0 Å². The Bertz CT molecular complexity index is 912. The highest BCUT2D eigenvalue weighted by Gasteiger charge is 2.31. The minimum Gasteiger partial charge on any atom is -0.496 e. The van der Waals surface area contributed by atoms with Crippen LogP contribution in [0.4, 0.5) is 5.82 Å². The minimum absolute atomic E-state index is 0.145. The van der Waals surface area contributed by atoms with Gasteiger partial charge in [0.05, 0.1) is 13.0 Å². The third-order valence-electron chi connectivity index (χ3n) is 4.32. The van der Waals surface area contributed by atoms with Crippen molar-refractivity contribution in [1.82, 2.24) is 9.71 Å². The molecular formula is C17H19N3O4S. The number of nitrogens with one attached hydrogen (secondary N) is 1. The van der Waals surface area contributed by atoms with E-state index in [4.69, 9.17) is 10.5 Å². The monoisotopic (exact) mass is 361 g/mol. The van der Waals surface area contributed by atoms with Crippen molar-refractivity contribution in [2.24, 2.45) is 0 Å². The molecule has 2 aromatic rings. The second-order valence-corrected chi connectivity index (χ2v) is 7.48. The van der Waals surface area contributed by atoms with Gasteiger partial charge in [0.15, 0.2) is 0 Å². The molecule has 1 amide bonds. The van der Waals surface area contributed by atoms with Crippen molar-refractivity contribution in [2.45, 2.75) is 30.1 Å². The smallest absolute Gasteiger partial charge is 0.267 e. The number of fused-ring (bicyclic) bond motifs is 1. The zero-order chi connectivity index (χ0) is 18.0. The van der Waals surface area contributed by atoms with Gasteiger partial charge in [0.25, 0.3) is 10.0 Å². The molecule has 0 saturated carbocycles. The molecule has 1 atom stereocenters. The molecule has 3 N–H and O–H groups in total. The fourth-order valence-electron chi connectivity index (χ4n) is 3.17. The summed E-state index contributed by atoms with van der Waals surface area (Å²) in [6.07, 6.45) is 3.54. The molecule has 0 aliphatic heterocycles. The summed E-state index contributed by atoms with van der Waals surface area (Å²) < 4.78 is 32.4. The van der Waals surface area contributed by atoms with Crippen molar-refractivity contribution in [1.29, 1.82) is 0 Å². The van der Waals surface area contributed by atoms with Gasteiger partial charge in [-0.25, -0.2) is 18.1 Å². The van der Waals surface area contributed by atoms with Gasteiger partial charge in [0.2, 0.25) is 5.91 Å². The number of sulfonamides is 1. The summed E-state index contributed by atoms with van der Waals surface area (Å²) in [7, 11) is -2.50. The maximum atomic E-state index is 12.7. The van der Waals surface area contributed by atoms with Crippen molar-refractivity contribution >= 4 is 21.7 Å². The second-order valence-electron chi connectivity index (χ2n) is 5.83. The number of anilines is 1. The van der Waals surface area contributed by atoms with E-state index >= 15 is 0 Å². The number of rotatable bonds is 4. The van der Waals surface area contributed by atoms with E-state index in [9.17, 15) is 13.2 Å². The van der Waals surface area contributed by atoms with Crippen LogP contribution in [0.3, 0.4) is 0 Å². The van der Waals surface area contributed by atoms with Gasteiger partial charge in [0, 0.05) is 6.20 Å². The number of benzene rings is 1. The lowest BCUT2D eigenvalue weighted by molar-refractivity contribution is -0.121. The molecule has 132 valence electrons. The first-order valence-electron chi connectivity index (χ1n) is 7.87. The third kappa shape index (κ3) is 3.30. The van der Waals surface area contributed by atoms with Crippen LogP contribution in [-0.2, 0) is 21.2 Å². The second kappa shape index (κ2) is 6.72. The van der Waals surface area contributed by atoms with Crippen LogP contribution >= 0.6 is 0 Å². The molecular weight excluding hydrogens is 342 g/mol. The lowest BCUT2D eigenvalue weighted by Gasteiger charge is -2.26. The normalized spacial score (nSPS) is 16.8. The lowest BCUT2D eigenvalue weighted by atomic mass is 9.82. The number of carbonyl (C=O) groups is 1. The van der Waals surface area contributed by atoms with Gasteiger partial charge in [-0.3, -0.25) is 4.79 Å². The maximum Gasteiger partial charge on any atom is 0.267 e. The average Bonchev–Trinajstić information content (AvgIpc) is 2.60. The predicted molar refractivity (Wildman–Crippen MR) is 92.7 cm³/mol. The molecule has 1 heterocycles. The van der Waals surface area contributed by atoms with Crippen molar-refractivity contribution in [3.8, 4) is 5.75 Å². The van der Waals surface area contributed by atoms with Crippen LogP contribution in [0.25, 0.3) is 0 Å². The summed E-state index contributed by atoms with van der Waals surface area (Å²) in [6, 6.07) is 8.25. The number of carbonyl (C=O) groups excluding carboxylic acids is 1. The molecule has 0 radical (unpaired) electrons. The van der Waals surface area contributed by atoms with Crippen LogP contribution in [-0.4, -0.2) is 26.4 Å². The molecule has 25 heavy (non-hydrogen) atoms. The van der Waals surface area contributed by atoms with Crippen molar-refractivity contribution < 1.29 is 17.9 Å². The number of ether oxygens (including phenoxy) is 1. The minimum atomic E-state index is -4.08. The Morgan fingerprint density at radius 2 is 2.12 bits per heavy atom. The van der Waals surface area contributed by atoms with Crippen molar-refractivity contribution in [3.63, 3.8) is 0 Å².